The standard InChI is InChI=1S/C10H12N2O3S2/c1-2-7-11-10(16)12-8-3-5-9(6-4-8)17(13,14)15/h2-6H,1,7H2,(H2,11,12,16)(H,13,14,15)/p-1. The van der Waals surface area contributed by atoms with Crippen molar-refractivity contribution in [1.82, 2.24) is 5.32 Å². The number of anilines is 1. The minimum atomic E-state index is -4.40. The van der Waals surface area contributed by atoms with Gasteiger partial charge >= 0.3 is 0 Å². The number of nitrogens with one attached hydrogen (secondary N) is 2. The Bertz CT molecular complexity index is 509. The first-order valence-corrected chi connectivity index (χ1v) is 6.47. The van der Waals surface area contributed by atoms with Gasteiger partial charge in [0.1, 0.15) is 10.1 Å². The molecule has 0 heterocycles. The number of benzene rings is 1. The molecule has 17 heavy (non-hydrogen) atoms. The van der Waals surface area contributed by atoms with E-state index >= 15 is 0 Å². The van der Waals surface area contributed by atoms with Gasteiger partial charge in [0, 0.05) is 12.2 Å². The van der Waals surface area contributed by atoms with Crippen LogP contribution in [0.5, 0.6) is 0 Å². The Labute approximate surface area is 105 Å². The van der Waals surface area contributed by atoms with Crippen LogP contribution in [-0.2, 0) is 10.1 Å². The lowest BCUT2D eigenvalue weighted by molar-refractivity contribution is 0.463. The monoisotopic (exact) mass is 271 g/mol. The van der Waals surface area contributed by atoms with Gasteiger partial charge in [-0.3, -0.25) is 0 Å². The first-order chi connectivity index (χ1) is 7.93. The van der Waals surface area contributed by atoms with Crippen LogP contribution in [-0.4, -0.2) is 24.6 Å². The van der Waals surface area contributed by atoms with Gasteiger partial charge in [0.05, 0.1) is 4.90 Å². The van der Waals surface area contributed by atoms with Crippen LogP contribution in [0.1, 0.15) is 0 Å². The molecule has 1 rings (SSSR count). The normalized spacial score (nSPS) is 10.6. The summed E-state index contributed by atoms with van der Waals surface area (Å²) in [5, 5.41) is 6.07. The molecule has 0 atom stereocenters. The number of hydrogen-bond donors (Lipinski definition) is 2. The average molecular weight is 271 g/mol. The van der Waals surface area contributed by atoms with E-state index in [-0.39, 0.29) is 4.90 Å². The third kappa shape index (κ3) is 4.51. The van der Waals surface area contributed by atoms with Crippen LogP contribution in [0.4, 0.5) is 5.69 Å². The van der Waals surface area contributed by atoms with Crippen LogP contribution in [0.2, 0.25) is 0 Å². The fourth-order valence-electron chi connectivity index (χ4n) is 1.05. The van der Waals surface area contributed by atoms with Crippen LogP contribution in [0.25, 0.3) is 0 Å². The van der Waals surface area contributed by atoms with Gasteiger partial charge in [-0.2, -0.15) is 0 Å². The van der Waals surface area contributed by atoms with Gasteiger partial charge in [-0.1, -0.05) is 6.08 Å². The van der Waals surface area contributed by atoms with E-state index in [0.717, 1.165) is 0 Å². The summed E-state index contributed by atoms with van der Waals surface area (Å²) < 4.78 is 32.0. The Morgan fingerprint density at radius 1 is 1.41 bits per heavy atom. The number of thiocarbonyl (C=S) groups is 1. The number of hydrogen-bond acceptors (Lipinski definition) is 4. The lowest BCUT2D eigenvalue weighted by Crippen LogP contribution is -2.28. The molecule has 0 spiro atoms. The maximum atomic E-state index is 10.7. The molecule has 1 aromatic carbocycles. The minimum absolute atomic E-state index is 0.270. The SMILES string of the molecule is C=CCNC(=S)Nc1ccc(S(=O)(=O)[O-])cc1. The molecule has 0 aromatic heterocycles. The fraction of sp³-hybridized carbons (Fsp3) is 0.100. The molecule has 0 amide bonds. The van der Waals surface area contributed by atoms with Crippen LogP contribution >= 0.6 is 12.2 Å². The highest BCUT2D eigenvalue weighted by Crippen LogP contribution is 2.13. The number of rotatable bonds is 4. The lowest BCUT2D eigenvalue weighted by Gasteiger charge is -2.10. The summed E-state index contributed by atoms with van der Waals surface area (Å²) >= 11 is 4.96. The van der Waals surface area contributed by atoms with Crippen molar-refractivity contribution in [1.29, 1.82) is 0 Å². The van der Waals surface area contributed by atoms with Crippen molar-refractivity contribution in [3.8, 4) is 0 Å². The molecule has 0 fully saturated rings. The molecular weight excluding hydrogens is 260 g/mol. The van der Waals surface area contributed by atoms with Crippen LogP contribution in [0, 0.1) is 0 Å². The van der Waals surface area contributed by atoms with Gasteiger partial charge in [-0.15, -0.1) is 6.58 Å². The van der Waals surface area contributed by atoms with Gasteiger partial charge in [-0.05, 0) is 36.5 Å². The summed E-state index contributed by atoms with van der Waals surface area (Å²) in [6, 6.07) is 5.38. The molecule has 0 radical (unpaired) electrons. The summed E-state index contributed by atoms with van der Waals surface area (Å²) in [6.45, 7) is 4.05. The van der Waals surface area contributed by atoms with E-state index in [0.29, 0.717) is 17.3 Å². The summed E-state index contributed by atoms with van der Waals surface area (Å²) in [5.41, 5.74) is 0.596. The van der Waals surface area contributed by atoms with E-state index in [2.05, 4.69) is 17.2 Å². The van der Waals surface area contributed by atoms with Crippen molar-refractivity contribution in [2.75, 3.05) is 11.9 Å². The first-order valence-electron chi connectivity index (χ1n) is 4.65. The van der Waals surface area contributed by atoms with Gasteiger partial charge in [-0.25, -0.2) is 8.42 Å². The molecule has 0 aliphatic carbocycles. The second kappa shape index (κ2) is 5.76. The van der Waals surface area contributed by atoms with E-state index in [1.54, 1.807) is 6.08 Å². The highest BCUT2D eigenvalue weighted by atomic mass is 32.2. The summed E-state index contributed by atoms with van der Waals surface area (Å²) in [6.07, 6.45) is 1.65. The first kappa shape index (κ1) is 13.6. The Hall–Kier alpha value is -1.44. The molecule has 5 nitrogen and oxygen atoms in total. The van der Waals surface area contributed by atoms with Crippen molar-refractivity contribution >= 4 is 33.1 Å². The van der Waals surface area contributed by atoms with Gasteiger partial charge in [0.25, 0.3) is 0 Å². The smallest absolute Gasteiger partial charge is 0.171 e. The maximum Gasteiger partial charge on any atom is 0.171 e. The molecule has 0 aliphatic rings. The molecule has 2 N–H and O–H groups in total. The van der Waals surface area contributed by atoms with E-state index < -0.39 is 10.1 Å². The molecule has 0 saturated carbocycles. The zero-order chi connectivity index (χ0) is 12.9. The van der Waals surface area contributed by atoms with Crippen molar-refractivity contribution in [3.05, 3.63) is 36.9 Å². The van der Waals surface area contributed by atoms with Gasteiger partial charge < -0.3 is 15.2 Å². The largest absolute Gasteiger partial charge is 0.744 e. The average Bonchev–Trinajstić information content (AvgIpc) is 2.26. The van der Waals surface area contributed by atoms with E-state index in [4.69, 9.17) is 12.2 Å². The quantitative estimate of drug-likeness (QED) is 0.484. The van der Waals surface area contributed by atoms with Gasteiger partial charge in [0.15, 0.2) is 5.11 Å². The zero-order valence-electron chi connectivity index (χ0n) is 8.84. The molecular formula is C10H11N2O3S2-. The summed E-state index contributed by atoms with van der Waals surface area (Å²) in [4.78, 5) is -0.270. The fourth-order valence-corrected chi connectivity index (χ4v) is 1.72. The van der Waals surface area contributed by atoms with Crippen LogP contribution in [0.15, 0.2) is 41.8 Å². The second-order valence-electron chi connectivity index (χ2n) is 3.10. The highest BCUT2D eigenvalue weighted by molar-refractivity contribution is 7.85. The van der Waals surface area contributed by atoms with Crippen LogP contribution < -0.4 is 10.6 Å². The summed E-state index contributed by atoms with van der Waals surface area (Å²) in [5.74, 6) is 0. The predicted molar refractivity (Wildman–Crippen MR) is 68.8 cm³/mol. The van der Waals surface area contributed by atoms with Crippen molar-refractivity contribution in [3.63, 3.8) is 0 Å². The van der Waals surface area contributed by atoms with Crippen molar-refractivity contribution in [2.45, 2.75) is 4.90 Å². The van der Waals surface area contributed by atoms with Crippen molar-refractivity contribution < 1.29 is 13.0 Å². The van der Waals surface area contributed by atoms with Gasteiger partial charge in [0.2, 0.25) is 0 Å². The Kier molecular flexibility index (Phi) is 4.62. The third-order valence-electron chi connectivity index (χ3n) is 1.81. The van der Waals surface area contributed by atoms with E-state index in [9.17, 15) is 13.0 Å². The highest BCUT2D eigenvalue weighted by Gasteiger charge is 2.01. The molecule has 0 aliphatic heterocycles. The van der Waals surface area contributed by atoms with Crippen LogP contribution in [0.3, 0.4) is 0 Å². The van der Waals surface area contributed by atoms with Crippen molar-refractivity contribution in [2.24, 2.45) is 0 Å². The molecule has 1 aromatic rings. The minimum Gasteiger partial charge on any atom is -0.744 e. The van der Waals surface area contributed by atoms with E-state index in [1.807, 2.05) is 0 Å². The zero-order valence-corrected chi connectivity index (χ0v) is 10.5. The molecule has 92 valence electrons. The Morgan fingerprint density at radius 2 is 2.00 bits per heavy atom. The molecule has 0 saturated heterocycles. The topological polar surface area (TPSA) is 81.3 Å². The van der Waals surface area contributed by atoms with E-state index in [1.165, 1.54) is 24.3 Å². The predicted octanol–water partition coefficient (Wildman–Crippen LogP) is 1.06. The molecule has 7 heteroatoms. The molecule has 0 bridgehead atoms. The lowest BCUT2D eigenvalue weighted by atomic mass is 10.3. The Morgan fingerprint density at radius 3 is 2.47 bits per heavy atom. The Balaban J connectivity index is 2.69. The third-order valence-corrected chi connectivity index (χ3v) is 2.90. The second-order valence-corrected chi connectivity index (χ2v) is 4.89. The maximum absolute atomic E-state index is 10.7. The summed E-state index contributed by atoms with van der Waals surface area (Å²) in [7, 11) is -4.40. The molecule has 0 unspecified atom stereocenters.